The average Bonchev–Trinajstić information content (AvgIpc) is 2.33. The van der Waals surface area contributed by atoms with Crippen molar-refractivity contribution in [3.63, 3.8) is 0 Å². The fourth-order valence-corrected chi connectivity index (χ4v) is 1.96. The van der Waals surface area contributed by atoms with Crippen LogP contribution in [0.1, 0.15) is 25.7 Å². The number of hydrogen-bond donors (Lipinski definition) is 2. The molecule has 0 aliphatic carbocycles. The minimum atomic E-state index is -4.22. The van der Waals surface area contributed by atoms with Crippen molar-refractivity contribution in [3.05, 3.63) is 0 Å². The van der Waals surface area contributed by atoms with Gasteiger partial charge in [0.05, 0.1) is 5.92 Å². The molecule has 8 heteroatoms. The molecule has 5 nitrogen and oxygen atoms in total. The minimum absolute atomic E-state index is 0.0629. The number of alkyl halides is 3. The van der Waals surface area contributed by atoms with Gasteiger partial charge in [-0.15, -0.1) is 0 Å². The maximum Gasteiger partial charge on any atom is 0.389 e. The topological polar surface area (TPSA) is 69.6 Å². The Hall–Kier alpha value is -1.47. The summed E-state index contributed by atoms with van der Waals surface area (Å²) in [6.45, 7) is 0.488. The summed E-state index contributed by atoms with van der Waals surface area (Å²) in [6, 6.07) is -0.492. The molecule has 0 aromatic rings. The first-order valence-electron chi connectivity index (χ1n) is 6.12. The van der Waals surface area contributed by atoms with E-state index in [9.17, 15) is 22.8 Å². The summed E-state index contributed by atoms with van der Waals surface area (Å²) >= 11 is 0. The van der Waals surface area contributed by atoms with Gasteiger partial charge in [0.1, 0.15) is 0 Å². The summed E-state index contributed by atoms with van der Waals surface area (Å²) in [5.74, 6) is -1.54. The summed E-state index contributed by atoms with van der Waals surface area (Å²) in [5.41, 5.74) is 0. The molecule has 110 valence electrons. The van der Waals surface area contributed by atoms with Gasteiger partial charge in [0, 0.05) is 26.1 Å². The molecule has 0 bridgehead atoms. The highest BCUT2D eigenvalue weighted by atomic mass is 19.4. The number of aliphatic carboxylic acids is 1. The summed E-state index contributed by atoms with van der Waals surface area (Å²) < 4.78 is 35.7. The number of hydrogen-bond acceptors (Lipinski definition) is 2. The normalized spacial score (nSPS) is 20.2. The SMILES string of the molecule is O=C(O)[C@H]1CCCN(C(=O)NCCCC(F)(F)F)C1. The molecule has 2 amide bonds. The van der Waals surface area contributed by atoms with Crippen LogP contribution in [0.15, 0.2) is 0 Å². The Morgan fingerprint density at radius 1 is 1.37 bits per heavy atom. The first-order chi connectivity index (χ1) is 8.79. The van der Waals surface area contributed by atoms with Gasteiger partial charge in [0.25, 0.3) is 0 Å². The fourth-order valence-electron chi connectivity index (χ4n) is 1.96. The van der Waals surface area contributed by atoms with Gasteiger partial charge in [-0.1, -0.05) is 0 Å². The van der Waals surface area contributed by atoms with E-state index in [1.54, 1.807) is 0 Å². The molecule has 1 heterocycles. The van der Waals surface area contributed by atoms with Gasteiger partial charge < -0.3 is 15.3 Å². The molecule has 1 aliphatic heterocycles. The zero-order valence-corrected chi connectivity index (χ0v) is 10.4. The highest BCUT2D eigenvalue weighted by Crippen LogP contribution is 2.21. The number of carboxylic acid groups (broad SMARTS) is 1. The first kappa shape index (κ1) is 15.6. The number of nitrogens with zero attached hydrogens (tertiary/aromatic N) is 1. The number of carbonyl (C=O) groups is 2. The van der Waals surface area contributed by atoms with Crippen molar-refractivity contribution >= 4 is 12.0 Å². The maximum absolute atomic E-state index is 11.9. The van der Waals surface area contributed by atoms with E-state index in [1.165, 1.54) is 4.90 Å². The van der Waals surface area contributed by atoms with Gasteiger partial charge in [-0.05, 0) is 19.3 Å². The van der Waals surface area contributed by atoms with Crippen LogP contribution in [-0.4, -0.2) is 47.8 Å². The highest BCUT2D eigenvalue weighted by molar-refractivity contribution is 5.76. The number of carbonyl (C=O) groups excluding carboxylic acids is 1. The van der Waals surface area contributed by atoms with E-state index in [1.807, 2.05) is 0 Å². The van der Waals surface area contributed by atoms with Gasteiger partial charge in [-0.3, -0.25) is 4.79 Å². The molecule has 0 aromatic carbocycles. The summed E-state index contributed by atoms with van der Waals surface area (Å²) in [7, 11) is 0. The Morgan fingerprint density at radius 3 is 2.63 bits per heavy atom. The lowest BCUT2D eigenvalue weighted by Crippen LogP contribution is -2.47. The third-order valence-electron chi connectivity index (χ3n) is 2.97. The largest absolute Gasteiger partial charge is 0.481 e. The van der Waals surface area contributed by atoms with Crippen molar-refractivity contribution in [2.24, 2.45) is 5.92 Å². The van der Waals surface area contributed by atoms with E-state index in [-0.39, 0.29) is 19.5 Å². The van der Waals surface area contributed by atoms with Crippen molar-refractivity contribution in [1.82, 2.24) is 10.2 Å². The number of likely N-dealkylation sites (tertiary alicyclic amines) is 1. The second kappa shape index (κ2) is 6.63. The number of amides is 2. The fraction of sp³-hybridized carbons (Fsp3) is 0.818. The summed E-state index contributed by atoms with van der Waals surface area (Å²) in [5, 5.41) is 11.2. The molecule has 1 saturated heterocycles. The molecular weight excluding hydrogens is 265 g/mol. The first-order valence-corrected chi connectivity index (χ1v) is 6.12. The van der Waals surface area contributed by atoms with Crippen LogP contribution in [0.5, 0.6) is 0 Å². The van der Waals surface area contributed by atoms with E-state index in [0.29, 0.717) is 19.4 Å². The molecule has 0 spiro atoms. The lowest BCUT2D eigenvalue weighted by Gasteiger charge is -2.30. The quantitative estimate of drug-likeness (QED) is 0.773. The van der Waals surface area contributed by atoms with Gasteiger partial charge in [-0.25, -0.2) is 4.79 Å². The molecule has 0 aromatic heterocycles. The predicted octanol–water partition coefficient (Wildman–Crippen LogP) is 1.84. The Bertz CT molecular complexity index is 334. The highest BCUT2D eigenvalue weighted by Gasteiger charge is 2.29. The Labute approximate surface area is 108 Å². The molecule has 0 radical (unpaired) electrons. The van der Waals surface area contributed by atoms with Crippen molar-refractivity contribution in [2.75, 3.05) is 19.6 Å². The lowest BCUT2D eigenvalue weighted by molar-refractivity contribution is -0.143. The van der Waals surface area contributed by atoms with E-state index < -0.39 is 30.5 Å². The molecule has 1 aliphatic rings. The minimum Gasteiger partial charge on any atom is -0.481 e. The van der Waals surface area contributed by atoms with Gasteiger partial charge >= 0.3 is 18.2 Å². The molecule has 2 N–H and O–H groups in total. The van der Waals surface area contributed by atoms with Crippen molar-refractivity contribution in [2.45, 2.75) is 31.9 Å². The predicted molar refractivity (Wildman–Crippen MR) is 60.6 cm³/mol. The third-order valence-corrected chi connectivity index (χ3v) is 2.97. The van der Waals surface area contributed by atoms with Gasteiger partial charge in [0.2, 0.25) is 0 Å². The summed E-state index contributed by atoms with van der Waals surface area (Å²) in [4.78, 5) is 23.8. The van der Waals surface area contributed by atoms with Crippen LogP contribution in [0.4, 0.5) is 18.0 Å². The zero-order chi connectivity index (χ0) is 14.5. The van der Waals surface area contributed by atoms with Crippen LogP contribution in [0.25, 0.3) is 0 Å². The smallest absolute Gasteiger partial charge is 0.389 e. The lowest BCUT2D eigenvalue weighted by atomic mass is 9.99. The van der Waals surface area contributed by atoms with E-state index in [2.05, 4.69) is 5.32 Å². The number of halogens is 3. The monoisotopic (exact) mass is 282 g/mol. The second-order valence-corrected chi connectivity index (χ2v) is 4.57. The molecule has 0 unspecified atom stereocenters. The Morgan fingerprint density at radius 2 is 2.05 bits per heavy atom. The van der Waals surface area contributed by atoms with Crippen LogP contribution < -0.4 is 5.32 Å². The molecular formula is C11H17F3N2O3. The van der Waals surface area contributed by atoms with Gasteiger partial charge in [0.15, 0.2) is 0 Å². The average molecular weight is 282 g/mol. The Balaban J connectivity index is 2.27. The second-order valence-electron chi connectivity index (χ2n) is 4.57. The molecule has 0 saturated carbocycles. The number of carboxylic acids is 1. The number of piperidine rings is 1. The van der Waals surface area contributed by atoms with Crippen LogP contribution in [0, 0.1) is 5.92 Å². The zero-order valence-electron chi connectivity index (χ0n) is 10.4. The number of nitrogens with one attached hydrogen (secondary N) is 1. The standard InChI is InChI=1S/C11H17F3N2O3/c12-11(13,14)4-2-5-15-10(19)16-6-1-3-8(7-16)9(17)18/h8H,1-7H2,(H,15,19)(H,17,18)/t8-/m0/s1. The van der Waals surface area contributed by atoms with E-state index in [4.69, 9.17) is 5.11 Å². The Kier molecular flexibility index (Phi) is 5.44. The van der Waals surface area contributed by atoms with Crippen molar-refractivity contribution in [3.8, 4) is 0 Å². The van der Waals surface area contributed by atoms with Crippen molar-refractivity contribution < 1.29 is 27.9 Å². The molecule has 1 rings (SSSR count). The van der Waals surface area contributed by atoms with Crippen molar-refractivity contribution in [1.29, 1.82) is 0 Å². The molecule has 1 fully saturated rings. The molecule has 1 atom stereocenters. The van der Waals surface area contributed by atoms with Crippen LogP contribution in [0.2, 0.25) is 0 Å². The van der Waals surface area contributed by atoms with E-state index in [0.717, 1.165) is 0 Å². The van der Waals surface area contributed by atoms with Crippen LogP contribution in [-0.2, 0) is 4.79 Å². The number of urea groups is 1. The van der Waals surface area contributed by atoms with E-state index >= 15 is 0 Å². The maximum atomic E-state index is 11.9. The van der Waals surface area contributed by atoms with Crippen LogP contribution in [0.3, 0.4) is 0 Å². The molecule has 19 heavy (non-hydrogen) atoms. The van der Waals surface area contributed by atoms with Crippen LogP contribution >= 0.6 is 0 Å². The summed E-state index contributed by atoms with van der Waals surface area (Å²) in [6.07, 6.45) is -4.22. The third kappa shape index (κ3) is 5.80. The van der Waals surface area contributed by atoms with Gasteiger partial charge in [-0.2, -0.15) is 13.2 Å². The number of rotatable bonds is 4.